The van der Waals surface area contributed by atoms with Gasteiger partial charge < -0.3 is 11.1 Å². The van der Waals surface area contributed by atoms with Gasteiger partial charge in [-0.1, -0.05) is 26.1 Å². The van der Waals surface area contributed by atoms with E-state index in [1.807, 2.05) is 13.8 Å². The fraction of sp³-hybridized carbons (Fsp3) is 0.750. The molecule has 1 amide bonds. The molecule has 0 aliphatic carbocycles. The van der Waals surface area contributed by atoms with E-state index < -0.39 is 0 Å². The molecule has 0 aromatic carbocycles. The van der Waals surface area contributed by atoms with Crippen LogP contribution in [0.1, 0.15) is 26.7 Å². The average Bonchev–Trinajstić information content (AvgIpc) is 1.98. The molecule has 0 radical (unpaired) electrons. The minimum Gasteiger partial charge on any atom is -0.393 e. The molecule has 3 N–H and O–H groups in total. The van der Waals surface area contributed by atoms with Crippen molar-refractivity contribution in [3.63, 3.8) is 0 Å². The Bertz CT molecular complexity index is 170. The summed E-state index contributed by atoms with van der Waals surface area (Å²) in [5, 5.41) is 2.78. The zero-order valence-corrected chi connectivity index (χ0v) is 8.41. The van der Waals surface area contributed by atoms with Crippen LogP contribution >= 0.6 is 12.2 Å². The first-order valence-electron chi connectivity index (χ1n) is 4.14. The summed E-state index contributed by atoms with van der Waals surface area (Å²) >= 11 is 4.70. The highest BCUT2D eigenvalue weighted by Gasteiger charge is 2.12. The minimum atomic E-state index is -0.103. The number of thiocarbonyl (C=S) groups is 1. The van der Waals surface area contributed by atoms with Crippen LogP contribution in [0.4, 0.5) is 0 Å². The lowest BCUT2D eigenvalue weighted by atomic mass is 10.1. The molecule has 0 aliphatic heterocycles. The third-order valence-electron chi connectivity index (χ3n) is 1.50. The first-order chi connectivity index (χ1) is 5.57. The lowest BCUT2D eigenvalue weighted by Gasteiger charge is -2.09. The molecule has 3 nitrogen and oxygen atoms in total. The minimum absolute atomic E-state index is 0.0321. The van der Waals surface area contributed by atoms with Crippen LogP contribution in [0.2, 0.25) is 0 Å². The van der Waals surface area contributed by atoms with E-state index in [4.69, 9.17) is 18.0 Å². The Balaban J connectivity index is 3.69. The van der Waals surface area contributed by atoms with Crippen molar-refractivity contribution in [2.75, 3.05) is 6.54 Å². The van der Waals surface area contributed by atoms with Crippen molar-refractivity contribution in [2.24, 2.45) is 11.7 Å². The van der Waals surface area contributed by atoms with E-state index in [9.17, 15) is 4.79 Å². The Hall–Kier alpha value is -0.640. The van der Waals surface area contributed by atoms with Crippen LogP contribution in [0.5, 0.6) is 0 Å². The van der Waals surface area contributed by atoms with Crippen molar-refractivity contribution in [2.45, 2.75) is 26.7 Å². The summed E-state index contributed by atoms with van der Waals surface area (Å²) in [6.45, 7) is 4.56. The van der Waals surface area contributed by atoms with Crippen LogP contribution in [0.15, 0.2) is 0 Å². The zero-order valence-electron chi connectivity index (χ0n) is 7.59. The number of carbonyl (C=O) groups is 1. The summed E-state index contributed by atoms with van der Waals surface area (Å²) in [4.78, 5) is 11.6. The molecule has 0 aromatic heterocycles. The molecule has 0 bridgehead atoms. The van der Waals surface area contributed by atoms with Crippen molar-refractivity contribution in [3.05, 3.63) is 0 Å². The Morgan fingerprint density at radius 1 is 1.67 bits per heavy atom. The van der Waals surface area contributed by atoms with Gasteiger partial charge in [-0.2, -0.15) is 0 Å². The number of carbonyl (C=O) groups excluding carboxylic acids is 1. The normalized spacial score (nSPS) is 12.2. The molecule has 12 heavy (non-hydrogen) atoms. The summed E-state index contributed by atoms with van der Waals surface area (Å²) in [7, 11) is 0. The SMILES string of the molecule is CCCNC(=O)C(C)CC(N)=S. The van der Waals surface area contributed by atoms with E-state index in [1.165, 1.54) is 0 Å². The van der Waals surface area contributed by atoms with Gasteiger partial charge in [0.1, 0.15) is 0 Å². The molecule has 0 aliphatic rings. The predicted molar refractivity (Wildman–Crippen MR) is 53.9 cm³/mol. The average molecular weight is 188 g/mol. The Morgan fingerprint density at radius 2 is 2.25 bits per heavy atom. The van der Waals surface area contributed by atoms with Crippen molar-refractivity contribution < 1.29 is 4.79 Å². The van der Waals surface area contributed by atoms with Gasteiger partial charge >= 0.3 is 0 Å². The molecule has 0 rings (SSSR count). The van der Waals surface area contributed by atoms with Gasteiger partial charge in [0, 0.05) is 18.9 Å². The topological polar surface area (TPSA) is 55.1 Å². The summed E-state index contributed by atoms with van der Waals surface area (Å²) in [6, 6.07) is 0. The van der Waals surface area contributed by atoms with Gasteiger partial charge in [0.2, 0.25) is 5.91 Å². The second-order valence-corrected chi connectivity index (χ2v) is 3.39. The van der Waals surface area contributed by atoms with Gasteiger partial charge in [-0.25, -0.2) is 0 Å². The van der Waals surface area contributed by atoms with E-state index in [2.05, 4.69) is 5.32 Å². The quantitative estimate of drug-likeness (QED) is 0.628. The summed E-state index contributed by atoms with van der Waals surface area (Å²) in [6.07, 6.45) is 1.44. The molecule has 4 heteroatoms. The number of hydrogen-bond acceptors (Lipinski definition) is 2. The van der Waals surface area contributed by atoms with Crippen molar-refractivity contribution >= 4 is 23.1 Å². The van der Waals surface area contributed by atoms with Crippen LogP contribution in [0.3, 0.4) is 0 Å². The number of rotatable bonds is 5. The summed E-state index contributed by atoms with van der Waals surface area (Å²) < 4.78 is 0. The van der Waals surface area contributed by atoms with Crippen molar-refractivity contribution in [3.8, 4) is 0 Å². The van der Waals surface area contributed by atoms with Crippen LogP contribution in [-0.2, 0) is 4.79 Å². The molecule has 0 fully saturated rings. The molecule has 0 aromatic rings. The smallest absolute Gasteiger partial charge is 0.223 e. The number of amides is 1. The summed E-state index contributed by atoms with van der Waals surface area (Å²) in [5.41, 5.74) is 5.31. The Morgan fingerprint density at radius 3 is 2.67 bits per heavy atom. The molecule has 0 saturated carbocycles. The van der Waals surface area contributed by atoms with E-state index >= 15 is 0 Å². The molecule has 0 saturated heterocycles. The number of hydrogen-bond donors (Lipinski definition) is 2. The maximum absolute atomic E-state index is 11.2. The van der Waals surface area contributed by atoms with Crippen molar-refractivity contribution in [1.82, 2.24) is 5.32 Å². The van der Waals surface area contributed by atoms with Gasteiger partial charge in [0.05, 0.1) is 4.99 Å². The molecule has 0 spiro atoms. The lowest BCUT2D eigenvalue weighted by Crippen LogP contribution is -2.31. The van der Waals surface area contributed by atoms with Crippen LogP contribution < -0.4 is 11.1 Å². The first-order valence-corrected chi connectivity index (χ1v) is 4.54. The van der Waals surface area contributed by atoms with Gasteiger partial charge in [0.15, 0.2) is 0 Å². The fourth-order valence-electron chi connectivity index (χ4n) is 0.817. The molecule has 0 heterocycles. The molecular weight excluding hydrogens is 172 g/mol. The third-order valence-corrected chi connectivity index (χ3v) is 1.67. The highest BCUT2D eigenvalue weighted by atomic mass is 32.1. The van der Waals surface area contributed by atoms with Crippen LogP contribution in [-0.4, -0.2) is 17.4 Å². The summed E-state index contributed by atoms with van der Waals surface area (Å²) in [5.74, 6) is -0.0706. The van der Waals surface area contributed by atoms with E-state index in [0.717, 1.165) is 13.0 Å². The number of nitrogens with one attached hydrogen (secondary N) is 1. The fourth-order valence-corrected chi connectivity index (χ4v) is 1.07. The number of nitrogens with two attached hydrogens (primary N) is 1. The highest BCUT2D eigenvalue weighted by Crippen LogP contribution is 2.01. The zero-order chi connectivity index (χ0) is 9.56. The Labute approximate surface area is 78.7 Å². The van der Waals surface area contributed by atoms with Crippen LogP contribution in [0, 0.1) is 5.92 Å². The monoisotopic (exact) mass is 188 g/mol. The first kappa shape index (κ1) is 11.4. The van der Waals surface area contributed by atoms with Gasteiger partial charge in [-0.05, 0) is 6.42 Å². The maximum Gasteiger partial charge on any atom is 0.223 e. The van der Waals surface area contributed by atoms with Gasteiger partial charge in [-0.15, -0.1) is 0 Å². The third kappa shape index (κ3) is 5.07. The Kier molecular flexibility index (Phi) is 5.62. The van der Waals surface area contributed by atoms with Gasteiger partial charge in [-0.3, -0.25) is 4.79 Å². The van der Waals surface area contributed by atoms with Crippen molar-refractivity contribution in [1.29, 1.82) is 0 Å². The molecular formula is C8H16N2OS. The lowest BCUT2D eigenvalue weighted by molar-refractivity contribution is -0.124. The second-order valence-electron chi connectivity index (χ2n) is 2.86. The molecule has 70 valence electrons. The van der Waals surface area contributed by atoms with E-state index in [0.29, 0.717) is 11.4 Å². The van der Waals surface area contributed by atoms with E-state index in [-0.39, 0.29) is 11.8 Å². The second kappa shape index (κ2) is 5.94. The standard InChI is InChI=1S/C8H16N2OS/c1-3-4-10-8(11)6(2)5-7(9)12/h6H,3-5H2,1-2H3,(H2,9,12)(H,10,11). The predicted octanol–water partition coefficient (Wildman–Crippen LogP) is 0.825. The maximum atomic E-state index is 11.2. The molecule has 1 unspecified atom stereocenters. The largest absolute Gasteiger partial charge is 0.393 e. The van der Waals surface area contributed by atoms with E-state index in [1.54, 1.807) is 0 Å². The van der Waals surface area contributed by atoms with Crippen LogP contribution in [0.25, 0.3) is 0 Å². The van der Waals surface area contributed by atoms with Gasteiger partial charge in [0.25, 0.3) is 0 Å². The highest BCUT2D eigenvalue weighted by molar-refractivity contribution is 7.80. The molecule has 1 atom stereocenters.